The first-order valence-corrected chi connectivity index (χ1v) is 8.63. The fourth-order valence-electron chi connectivity index (χ4n) is 4.22. The maximum atomic E-state index is 13.4. The molecule has 4 rings (SSSR count). The quantitative estimate of drug-likeness (QED) is 0.848. The molecular formula is C18H21FN2O3. The summed E-state index contributed by atoms with van der Waals surface area (Å²) in [7, 11) is 0. The van der Waals surface area contributed by atoms with E-state index in [2.05, 4.69) is 5.32 Å². The van der Waals surface area contributed by atoms with Crippen LogP contribution in [-0.4, -0.2) is 42.5 Å². The summed E-state index contributed by atoms with van der Waals surface area (Å²) in [4.78, 5) is 27.0. The number of benzene rings is 1. The minimum atomic E-state index is -0.354. The molecule has 128 valence electrons. The first-order valence-electron chi connectivity index (χ1n) is 8.63. The molecule has 0 spiro atoms. The maximum Gasteiger partial charge on any atom is 0.243 e. The Bertz CT molecular complexity index is 676. The lowest BCUT2D eigenvalue weighted by Crippen LogP contribution is -2.60. The number of hydrogen-bond acceptors (Lipinski definition) is 3. The van der Waals surface area contributed by atoms with E-state index in [1.54, 1.807) is 11.0 Å². The Kier molecular flexibility index (Phi) is 3.90. The lowest BCUT2D eigenvalue weighted by molar-refractivity contribution is -0.150. The first-order chi connectivity index (χ1) is 11.6. The van der Waals surface area contributed by atoms with Gasteiger partial charge in [0.05, 0.1) is 5.92 Å². The third kappa shape index (κ3) is 2.64. The zero-order valence-electron chi connectivity index (χ0n) is 13.5. The fraction of sp³-hybridized carbons (Fsp3) is 0.556. The molecule has 1 N–H and O–H groups in total. The minimum absolute atomic E-state index is 0.0394. The summed E-state index contributed by atoms with van der Waals surface area (Å²) in [5.41, 5.74) is 0.723. The molecule has 5 nitrogen and oxygen atoms in total. The highest BCUT2D eigenvalue weighted by molar-refractivity contribution is 5.89. The Labute approximate surface area is 140 Å². The molecule has 1 aromatic carbocycles. The van der Waals surface area contributed by atoms with E-state index in [1.807, 2.05) is 0 Å². The van der Waals surface area contributed by atoms with Crippen LogP contribution in [0.3, 0.4) is 0 Å². The highest BCUT2D eigenvalue weighted by atomic mass is 19.1. The van der Waals surface area contributed by atoms with Crippen LogP contribution in [0, 0.1) is 17.7 Å². The van der Waals surface area contributed by atoms with Gasteiger partial charge >= 0.3 is 0 Å². The van der Waals surface area contributed by atoms with Crippen LogP contribution in [0.25, 0.3) is 0 Å². The van der Waals surface area contributed by atoms with Crippen molar-refractivity contribution in [3.05, 3.63) is 29.6 Å². The van der Waals surface area contributed by atoms with Crippen molar-refractivity contribution in [1.29, 1.82) is 0 Å². The normalized spacial score (nSPS) is 29.1. The van der Waals surface area contributed by atoms with Crippen molar-refractivity contribution in [1.82, 2.24) is 10.2 Å². The lowest BCUT2D eigenvalue weighted by Gasteiger charge is -2.44. The second-order valence-corrected chi connectivity index (χ2v) is 6.92. The lowest BCUT2D eigenvalue weighted by atomic mass is 9.82. The fourth-order valence-corrected chi connectivity index (χ4v) is 4.22. The number of carbonyl (C=O) groups is 2. The zero-order valence-corrected chi connectivity index (χ0v) is 13.5. The molecule has 6 heteroatoms. The van der Waals surface area contributed by atoms with Gasteiger partial charge in [0.2, 0.25) is 11.8 Å². The van der Waals surface area contributed by atoms with Crippen LogP contribution in [0.1, 0.15) is 24.8 Å². The molecule has 0 radical (unpaired) electrons. The average molecular weight is 332 g/mol. The van der Waals surface area contributed by atoms with Crippen LogP contribution in [-0.2, 0) is 16.0 Å². The average Bonchev–Trinajstić information content (AvgIpc) is 2.60. The van der Waals surface area contributed by atoms with Gasteiger partial charge in [-0.1, -0.05) is 0 Å². The molecule has 1 aromatic rings. The highest BCUT2D eigenvalue weighted by Crippen LogP contribution is 2.33. The highest BCUT2D eigenvalue weighted by Gasteiger charge is 2.43. The van der Waals surface area contributed by atoms with Crippen LogP contribution in [0.5, 0.6) is 5.75 Å². The molecule has 3 aliphatic rings. The standard InChI is InChI=1S/C18H21FN2O3/c19-14-3-4-15-12(9-14)8-13(10-24-15)18(23)21-7-1-2-11-5-6-20-17(22)16(11)21/h3-4,9,11,13,16H,1-2,5-8,10H2,(H,20,22). The molecule has 2 saturated heterocycles. The number of carbonyl (C=O) groups excluding carboxylic acids is 2. The van der Waals surface area contributed by atoms with Crippen LogP contribution in [0.15, 0.2) is 18.2 Å². The van der Waals surface area contributed by atoms with Crippen molar-refractivity contribution < 1.29 is 18.7 Å². The number of hydrogen-bond donors (Lipinski definition) is 1. The van der Waals surface area contributed by atoms with Gasteiger partial charge in [-0.25, -0.2) is 4.39 Å². The molecular weight excluding hydrogens is 311 g/mol. The molecule has 24 heavy (non-hydrogen) atoms. The molecule has 0 aromatic heterocycles. The van der Waals surface area contributed by atoms with Crippen LogP contribution >= 0.6 is 0 Å². The van der Waals surface area contributed by atoms with Gasteiger partial charge in [0.1, 0.15) is 24.2 Å². The summed E-state index contributed by atoms with van der Waals surface area (Å²) >= 11 is 0. The van der Waals surface area contributed by atoms with Crippen molar-refractivity contribution in [2.75, 3.05) is 19.7 Å². The summed E-state index contributed by atoms with van der Waals surface area (Å²) in [5.74, 6) is 0.139. The number of rotatable bonds is 1. The molecule has 2 amide bonds. The molecule has 0 bridgehead atoms. The van der Waals surface area contributed by atoms with E-state index >= 15 is 0 Å². The van der Waals surface area contributed by atoms with Gasteiger partial charge in [-0.2, -0.15) is 0 Å². The van der Waals surface area contributed by atoms with Crippen LogP contribution < -0.4 is 10.1 Å². The van der Waals surface area contributed by atoms with Gasteiger partial charge in [0, 0.05) is 13.1 Å². The molecule has 3 aliphatic heterocycles. The molecule has 0 saturated carbocycles. The number of nitrogens with zero attached hydrogens (tertiary/aromatic N) is 1. The first kappa shape index (κ1) is 15.4. The van der Waals surface area contributed by atoms with E-state index in [9.17, 15) is 14.0 Å². The van der Waals surface area contributed by atoms with E-state index in [4.69, 9.17) is 4.74 Å². The number of fused-ring (bicyclic) bond motifs is 2. The van der Waals surface area contributed by atoms with E-state index in [1.165, 1.54) is 12.1 Å². The summed E-state index contributed by atoms with van der Waals surface area (Å²) in [6.07, 6.45) is 3.31. The van der Waals surface area contributed by atoms with E-state index in [0.717, 1.165) is 24.8 Å². The van der Waals surface area contributed by atoms with Gasteiger partial charge in [0.15, 0.2) is 0 Å². The number of nitrogens with one attached hydrogen (secondary N) is 1. The second kappa shape index (κ2) is 6.07. The third-order valence-electron chi connectivity index (χ3n) is 5.40. The van der Waals surface area contributed by atoms with Gasteiger partial charge in [-0.15, -0.1) is 0 Å². The van der Waals surface area contributed by atoms with E-state index in [0.29, 0.717) is 25.3 Å². The van der Waals surface area contributed by atoms with E-state index in [-0.39, 0.29) is 42.1 Å². The summed E-state index contributed by atoms with van der Waals surface area (Å²) in [6.45, 7) is 1.59. The predicted molar refractivity (Wildman–Crippen MR) is 84.9 cm³/mol. The summed E-state index contributed by atoms with van der Waals surface area (Å²) < 4.78 is 19.1. The topological polar surface area (TPSA) is 58.6 Å². The third-order valence-corrected chi connectivity index (χ3v) is 5.40. The maximum absolute atomic E-state index is 13.4. The van der Waals surface area contributed by atoms with Gasteiger partial charge in [-0.3, -0.25) is 9.59 Å². The van der Waals surface area contributed by atoms with Crippen molar-refractivity contribution in [3.8, 4) is 5.75 Å². The number of halogens is 1. The van der Waals surface area contributed by atoms with Crippen LogP contribution in [0.2, 0.25) is 0 Å². The van der Waals surface area contributed by atoms with Gasteiger partial charge < -0.3 is 15.0 Å². The molecule has 3 unspecified atom stereocenters. The Hall–Kier alpha value is -2.11. The van der Waals surface area contributed by atoms with Crippen molar-refractivity contribution in [2.24, 2.45) is 11.8 Å². The molecule has 2 fully saturated rings. The monoisotopic (exact) mass is 332 g/mol. The van der Waals surface area contributed by atoms with Crippen LogP contribution in [0.4, 0.5) is 4.39 Å². The van der Waals surface area contributed by atoms with Crippen molar-refractivity contribution in [2.45, 2.75) is 31.7 Å². The summed E-state index contributed by atoms with van der Waals surface area (Å²) in [5, 5.41) is 2.88. The zero-order chi connectivity index (χ0) is 16.7. The van der Waals surface area contributed by atoms with Crippen molar-refractivity contribution in [3.63, 3.8) is 0 Å². The predicted octanol–water partition coefficient (Wildman–Crippen LogP) is 1.50. The van der Waals surface area contributed by atoms with E-state index < -0.39 is 0 Å². The number of likely N-dealkylation sites (tertiary alicyclic amines) is 1. The number of piperidine rings is 2. The number of amides is 2. The second-order valence-electron chi connectivity index (χ2n) is 6.92. The number of ether oxygens (including phenoxy) is 1. The molecule has 3 atom stereocenters. The van der Waals surface area contributed by atoms with Gasteiger partial charge in [0.25, 0.3) is 0 Å². The summed E-state index contributed by atoms with van der Waals surface area (Å²) in [6, 6.07) is 4.05. The largest absolute Gasteiger partial charge is 0.492 e. The minimum Gasteiger partial charge on any atom is -0.492 e. The molecule has 0 aliphatic carbocycles. The van der Waals surface area contributed by atoms with Gasteiger partial charge in [-0.05, 0) is 55.4 Å². The molecule has 3 heterocycles. The SMILES string of the molecule is O=C1NCCC2CCCN(C(=O)C3COc4ccc(F)cc4C3)C12. The Morgan fingerprint density at radius 2 is 2.21 bits per heavy atom. The Morgan fingerprint density at radius 3 is 3.08 bits per heavy atom. The smallest absolute Gasteiger partial charge is 0.243 e. The Morgan fingerprint density at radius 1 is 1.33 bits per heavy atom. The Balaban J connectivity index is 1.54. The van der Waals surface area contributed by atoms with Crippen molar-refractivity contribution >= 4 is 11.8 Å².